The van der Waals surface area contributed by atoms with Gasteiger partial charge in [-0.2, -0.15) is 0 Å². The Kier molecular flexibility index (Phi) is 4.93. The molecular formula is C40H25N5. The molecule has 210 valence electrons. The Morgan fingerprint density at radius 1 is 0.400 bits per heavy atom. The van der Waals surface area contributed by atoms with Gasteiger partial charge in [0, 0.05) is 11.1 Å². The minimum Gasteiger partial charge on any atom is -0.294 e. The van der Waals surface area contributed by atoms with E-state index in [2.05, 4.69) is 165 Å². The number of aromatic nitrogens is 5. The molecule has 0 saturated heterocycles. The quantitative estimate of drug-likeness (QED) is 0.210. The van der Waals surface area contributed by atoms with Crippen LogP contribution < -0.4 is 0 Å². The minimum atomic E-state index is 0.839. The van der Waals surface area contributed by atoms with Gasteiger partial charge in [-0.15, -0.1) is 0 Å². The first kappa shape index (κ1) is 24.3. The Bertz CT molecular complexity index is 2690. The Labute approximate surface area is 257 Å². The first-order valence-electron chi connectivity index (χ1n) is 15.2. The summed E-state index contributed by atoms with van der Waals surface area (Å²) in [6.07, 6.45) is 0. The molecule has 0 radical (unpaired) electrons. The highest BCUT2D eigenvalue weighted by atomic mass is 15.2. The molecule has 0 bridgehead atoms. The maximum absolute atomic E-state index is 5.19. The maximum atomic E-state index is 5.19. The zero-order chi connectivity index (χ0) is 29.5. The summed E-state index contributed by atoms with van der Waals surface area (Å²) in [5.41, 5.74) is 14.8. The average molecular weight is 576 g/mol. The highest BCUT2D eigenvalue weighted by molar-refractivity contribution is 6.11. The largest absolute Gasteiger partial charge is 0.294 e. The molecule has 4 heterocycles. The van der Waals surface area contributed by atoms with E-state index in [0.717, 1.165) is 61.1 Å². The molecule has 0 amide bonds. The van der Waals surface area contributed by atoms with E-state index in [1.165, 1.54) is 22.3 Å². The van der Waals surface area contributed by atoms with Gasteiger partial charge in [0.25, 0.3) is 0 Å². The number of rotatable bonds is 3. The van der Waals surface area contributed by atoms with E-state index in [4.69, 9.17) is 9.97 Å². The summed E-state index contributed by atoms with van der Waals surface area (Å²) >= 11 is 0. The molecule has 0 N–H and O–H groups in total. The molecule has 10 aromatic rings. The van der Waals surface area contributed by atoms with E-state index in [0.29, 0.717) is 0 Å². The third kappa shape index (κ3) is 3.43. The van der Waals surface area contributed by atoms with Crippen molar-refractivity contribution in [2.24, 2.45) is 0 Å². The Hall–Kier alpha value is -6.20. The number of benzene rings is 6. The van der Waals surface area contributed by atoms with Crippen LogP contribution in [0.25, 0.3) is 83.4 Å². The molecule has 10 rings (SSSR count). The van der Waals surface area contributed by atoms with Gasteiger partial charge in [0.05, 0.1) is 33.1 Å². The van der Waals surface area contributed by atoms with Crippen LogP contribution in [0.5, 0.6) is 0 Å². The highest BCUT2D eigenvalue weighted by Gasteiger charge is 2.24. The zero-order valence-corrected chi connectivity index (χ0v) is 24.2. The molecule has 0 unspecified atom stereocenters. The van der Waals surface area contributed by atoms with Crippen LogP contribution in [0.15, 0.2) is 152 Å². The summed E-state index contributed by atoms with van der Waals surface area (Å²) in [6.45, 7) is 0. The molecule has 0 saturated carbocycles. The molecule has 0 fully saturated rings. The molecule has 6 aromatic carbocycles. The average Bonchev–Trinajstić information content (AvgIpc) is 3.79. The summed E-state index contributed by atoms with van der Waals surface area (Å²) in [6, 6.07) is 53.7. The Balaban J connectivity index is 1.46. The van der Waals surface area contributed by atoms with Crippen molar-refractivity contribution < 1.29 is 0 Å². The molecule has 0 aliphatic rings. The predicted octanol–water partition coefficient (Wildman–Crippen LogP) is 9.72. The molecule has 0 atom stereocenters. The number of nitrogens with zero attached hydrogens (tertiary/aromatic N) is 5. The van der Waals surface area contributed by atoms with Gasteiger partial charge < -0.3 is 0 Å². The van der Waals surface area contributed by atoms with E-state index in [9.17, 15) is 0 Å². The van der Waals surface area contributed by atoms with Gasteiger partial charge in [0.1, 0.15) is 5.65 Å². The molecule has 0 aliphatic heterocycles. The SMILES string of the molecule is c1ccc(-c2cc(-c3ccccc3)cc(-n3c4ccccc4c4c3n3c5ccccc5nc3c3nc5ccccc5n34)c2)cc1. The lowest BCUT2D eigenvalue weighted by Gasteiger charge is -2.15. The summed E-state index contributed by atoms with van der Waals surface area (Å²) in [4.78, 5) is 10.3. The van der Waals surface area contributed by atoms with Gasteiger partial charge in [-0.1, -0.05) is 103 Å². The second-order valence-electron chi connectivity index (χ2n) is 11.5. The summed E-state index contributed by atoms with van der Waals surface area (Å²) in [5, 5.41) is 1.16. The van der Waals surface area contributed by atoms with Crippen LogP contribution in [0.2, 0.25) is 0 Å². The number of para-hydroxylation sites is 5. The van der Waals surface area contributed by atoms with E-state index in [1.807, 2.05) is 0 Å². The van der Waals surface area contributed by atoms with E-state index in [1.54, 1.807) is 0 Å². The fourth-order valence-electron chi connectivity index (χ4n) is 7.02. The van der Waals surface area contributed by atoms with Gasteiger partial charge in [0.2, 0.25) is 0 Å². The lowest BCUT2D eigenvalue weighted by molar-refractivity contribution is 1.10. The Morgan fingerprint density at radius 3 is 1.51 bits per heavy atom. The first-order chi connectivity index (χ1) is 22.3. The number of hydrogen-bond acceptors (Lipinski definition) is 2. The number of fused-ring (bicyclic) bond motifs is 12. The molecule has 4 aromatic heterocycles. The van der Waals surface area contributed by atoms with Gasteiger partial charge in [-0.05, 0) is 70.8 Å². The van der Waals surface area contributed by atoms with Crippen LogP contribution in [0.3, 0.4) is 0 Å². The smallest absolute Gasteiger partial charge is 0.183 e. The van der Waals surface area contributed by atoms with E-state index < -0.39 is 0 Å². The number of imidazole rings is 2. The van der Waals surface area contributed by atoms with E-state index in [-0.39, 0.29) is 0 Å². The van der Waals surface area contributed by atoms with Crippen molar-refractivity contribution in [3.63, 3.8) is 0 Å². The van der Waals surface area contributed by atoms with Crippen LogP contribution in [0.4, 0.5) is 0 Å². The second-order valence-corrected chi connectivity index (χ2v) is 11.5. The monoisotopic (exact) mass is 575 g/mol. The summed E-state index contributed by atoms with van der Waals surface area (Å²) < 4.78 is 7.03. The molecule has 45 heavy (non-hydrogen) atoms. The van der Waals surface area contributed by atoms with Crippen LogP contribution in [0.1, 0.15) is 0 Å². The molecular weight excluding hydrogens is 550 g/mol. The van der Waals surface area contributed by atoms with Crippen molar-refractivity contribution in [3.05, 3.63) is 152 Å². The van der Waals surface area contributed by atoms with Crippen molar-refractivity contribution in [2.45, 2.75) is 0 Å². The van der Waals surface area contributed by atoms with Crippen LogP contribution >= 0.6 is 0 Å². The fraction of sp³-hybridized carbons (Fsp3) is 0. The summed E-state index contributed by atoms with van der Waals surface area (Å²) in [5.74, 6) is 0. The van der Waals surface area contributed by atoms with Crippen molar-refractivity contribution >= 4 is 55.4 Å². The van der Waals surface area contributed by atoms with Crippen molar-refractivity contribution in [2.75, 3.05) is 0 Å². The molecule has 0 spiro atoms. The zero-order valence-electron chi connectivity index (χ0n) is 24.2. The molecule has 5 nitrogen and oxygen atoms in total. The minimum absolute atomic E-state index is 0.839. The third-order valence-electron chi connectivity index (χ3n) is 8.97. The van der Waals surface area contributed by atoms with Crippen molar-refractivity contribution in [3.8, 4) is 27.9 Å². The van der Waals surface area contributed by atoms with Gasteiger partial charge in [-0.25, -0.2) is 9.97 Å². The van der Waals surface area contributed by atoms with Crippen LogP contribution in [-0.4, -0.2) is 23.3 Å². The van der Waals surface area contributed by atoms with Gasteiger partial charge >= 0.3 is 0 Å². The summed E-state index contributed by atoms with van der Waals surface area (Å²) in [7, 11) is 0. The number of hydrogen-bond donors (Lipinski definition) is 0. The van der Waals surface area contributed by atoms with Crippen LogP contribution in [-0.2, 0) is 0 Å². The third-order valence-corrected chi connectivity index (χ3v) is 8.97. The Morgan fingerprint density at radius 2 is 0.889 bits per heavy atom. The predicted molar refractivity (Wildman–Crippen MR) is 184 cm³/mol. The first-order valence-corrected chi connectivity index (χ1v) is 15.2. The lowest BCUT2D eigenvalue weighted by atomic mass is 9.98. The standard InChI is InChI=1S/C40H25N5/c1-3-13-26(14-4-1)28-23-29(27-15-5-2-6-16-27)25-30(24-28)43-34-20-10-7-17-31(34)37-40(43)45-36-22-12-9-19-33(36)42-39(45)38-41-32-18-8-11-21-35(32)44(37)38/h1-25H. The van der Waals surface area contributed by atoms with Crippen LogP contribution in [0, 0.1) is 0 Å². The second kappa shape index (κ2) is 9.15. The molecule has 5 heteroatoms. The van der Waals surface area contributed by atoms with E-state index >= 15 is 0 Å². The lowest BCUT2D eigenvalue weighted by Crippen LogP contribution is -2.03. The van der Waals surface area contributed by atoms with Gasteiger partial charge in [-0.3, -0.25) is 13.4 Å². The molecule has 0 aliphatic carbocycles. The normalized spacial score (nSPS) is 12.0. The van der Waals surface area contributed by atoms with Crippen molar-refractivity contribution in [1.82, 2.24) is 23.3 Å². The topological polar surface area (TPSA) is 39.5 Å². The fourth-order valence-corrected chi connectivity index (χ4v) is 7.02. The van der Waals surface area contributed by atoms with Crippen molar-refractivity contribution in [1.29, 1.82) is 0 Å². The highest BCUT2D eigenvalue weighted by Crippen LogP contribution is 2.39. The maximum Gasteiger partial charge on any atom is 0.183 e. The van der Waals surface area contributed by atoms with Gasteiger partial charge in [0.15, 0.2) is 11.3 Å².